The molecule has 7 heteroatoms. The maximum atomic E-state index is 13.9. The number of methoxy groups -OCH3 is 1. The zero-order chi connectivity index (χ0) is 17.5. The smallest absolute Gasteiger partial charge is 0.308 e. The molecule has 1 saturated heterocycles. The minimum absolute atomic E-state index is 0.0691. The number of nitrogens with zero attached hydrogens (tertiary/aromatic N) is 3. The molecule has 0 unspecified atom stereocenters. The van der Waals surface area contributed by atoms with Gasteiger partial charge in [0.05, 0.1) is 24.7 Å². The maximum Gasteiger partial charge on any atom is 0.308 e. The van der Waals surface area contributed by atoms with Gasteiger partial charge in [-0.2, -0.15) is 5.26 Å². The molecule has 0 aromatic heterocycles. The van der Waals surface area contributed by atoms with Crippen molar-refractivity contribution < 1.29 is 13.9 Å². The number of nitriles is 1. The molecule has 0 amide bonds. The van der Waals surface area contributed by atoms with Gasteiger partial charge >= 0.3 is 5.97 Å². The van der Waals surface area contributed by atoms with Crippen molar-refractivity contribution in [2.75, 3.05) is 27.2 Å². The molecule has 24 heavy (non-hydrogen) atoms. The van der Waals surface area contributed by atoms with Gasteiger partial charge in [0.15, 0.2) is 5.96 Å². The highest BCUT2D eigenvalue weighted by atomic mass is 19.1. The highest BCUT2D eigenvalue weighted by Crippen LogP contribution is 2.18. The van der Waals surface area contributed by atoms with Crippen molar-refractivity contribution in [3.63, 3.8) is 0 Å². The predicted octanol–water partition coefficient (Wildman–Crippen LogP) is 1.66. The number of nitrogens with one attached hydrogen (secondary N) is 1. The Kier molecular flexibility index (Phi) is 6.13. The summed E-state index contributed by atoms with van der Waals surface area (Å²) in [6.45, 7) is 1.66. The van der Waals surface area contributed by atoms with Crippen LogP contribution < -0.4 is 5.32 Å². The lowest BCUT2D eigenvalue weighted by molar-refractivity contribution is -0.146. The Morgan fingerprint density at radius 3 is 2.75 bits per heavy atom. The van der Waals surface area contributed by atoms with Gasteiger partial charge in [-0.3, -0.25) is 9.79 Å². The van der Waals surface area contributed by atoms with E-state index >= 15 is 0 Å². The van der Waals surface area contributed by atoms with Crippen LogP contribution in [0.1, 0.15) is 24.0 Å². The van der Waals surface area contributed by atoms with Crippen molar-refractivity contribution in [2.45, 2.75) is 19.4 Å². The number of hydrogen-bond donors (Lipinski definition) is 1. The van der Waals surface area contributed by atoms with Crippen LogP contribution in [-0.2, 0) is 16.1 Å². The van der Waals surface area contributed by atoms with Crippen LogP contribution in [0.25, 0.3) is 0 Å². The van der Waals surface area contributed by atoms with E-state index in [0.29, 0.717) is 43.0 Å². The first kappa shape index (κ1) is 17.7. The van der Waals surface area contributed by atoms with Crippen molar-refractivity contribution in [1.29, 1.82) is 5.26 Å². The molecule has 128 valence electrons. The van der Waals surface area contributed by atoms with Gasteiger partial charge in [0, 0.05) is 32.2 Å². The molecule has 0 spiro atoms. The number of guanidine groups is 1. The number of ether oxygens (including phenoxy) is 1. The molecule has 0 aliphatic carbocycles. The molecular formula is C17H21FN4O2. The van der Waals surface area contributed by atoms with E-state index in [2.05, 4.69) is 10.3 Å². The lowest BCUT2D eigenvalue weighted by Crippen LogP contribution is -2.46. The van der Waals surface area contributed by atoms with Gasteiger partial charge in [0.25, 0.3) is 0 Å². The second-order valence-electron chi connectivity index (χ2n) is 5.60. The molecule has 0 atom stereocenters. The Morgan fingerprint density at radius 2 is 2.21 bits per heavy atom. The summed E-state index contributed by atoms with van der Waals surface area (Å²) in [4.78, 5) is 17.8. The zero-order valence-corrected chi connectivity index (χ0v) is 13.9. The average Bonchev–Trinajstić information content (AvgIpc) is 2.63. The minimum atomic E-state index is -0.415. The van der Waals surface area contributed by atoms with Gasteiger partial charge in [-0.15, -0.1) is 0 Å². The van der Waals surface area contributed by atoms with Crippen LogP contribution in [0, 0.1) is 23.1 Å². The van der Waals surface area contributed by atoms with Crippen LogP contribution in [-0.4, -0.2) is 44.1 Å². The van der Waals surface area contributed by atoms with Crippen molar-refractivity contribution in [3.8, 4) is 6.07 Å². The summed E-state index contributed by atoms with van der Waals surface area (Å²) >= 11 is 0. The Hall–Kier alpha value is -2.62. The summed E-state index contributed by atoms with van der Waals surface area (Å²) in [5.41, 5.74) is 0.769. The van der Waals surface area contributed by atoms with E-state index in [1.54, 1.807) is 19.2 Å². The number of aliphatic imine (C=N–C) groups is 1. The monoisotopic (exact) mass is 332 g/mol. The van der Waals surface area contributed by atoms with Gasteiger partial charge < -0.3 is 15.0 Å². The predicted molar refractivity (Wildman–Crippen MR) is 87.6 cm³/mol. The number of carbonyl (C=O) groups excluding carboxylic acids is 1. The van der Waals surface area contributed by atoms with Gasteiger partial charge in [0.2, 0.25) is 0 Å². The maximum absolute atomic E-state index is 13.9. The van der Waals surface area contributed by atoms with E-state index in [1.807, 2.05) is 11.0 Å². The molecule has 1 aromatic carbocycles. The SMILES string of the molecule is CN=C(NCc1ccc(C#N)cc1F)N1CCC(C(=O)OC)CC1. The van der Waals surface area contributed by atoms with Crippen LogP contribution in [0.15, 0.2) is 23.2 Å². The summed E-state index contributed by atoms with van der Waals surface area (Å²) in [6, 6.07) is 6.32. The highest BCUT2D eigenvalue weighted by Gasteiger charge is 2.26. The molecular weight excluding hydrogens is 311 g/mol. The van der Waals surface area contributed by atoms with Crippen molar-refractivity contribution in [3.05, 3.63) is 35.1 Å². The van der Waals surface area contributed by atoms with Gasteiger partial charge in [0.1, 0.15) is 5.82 Å². The number of likely N-dealkylation sites (tertiary alicyclic amines) is 1. The fourth-order valence-electron chi connectivity index (χ4n) is 2.76. The number of carbonyl (C=O) groups is 1. The topological polar surface area (TPSA) is 77.7 Å². The van der Waals surface area contributed by atoms with E-state index in [-0.39, 0.29) is 18.4 Å². The van der Waals surface area contributed by atoms with Gasteiger partial charge in [-0.25, -0.2) is 4.39 Å². The molecule has 1 aliphatic rings. The Labute approximate surface area is 140 Å². The van der Waals surface area contributed by atoms with E-state index in [4.69, 9.17) is 10.00 Å². The number of hydrogen-bond acceptors (Lipinski definition) is 4. The molecule has 6 nitrogen and oxygen atoms in total. The first-order chi connectivity index (χ1) is 11.6. The minimum Gasteiger partial charge on any atom is -0.469 e. The van der Waals surface area contributed by atoms with Crippen LogP contribution in [0.3, 0.4) is 0 Å². The summed E-state index contributed by atoms with van der Waals surface area (Å²) in [5.74, 6) is 0.0149. The highest BCUT2D eigenvalue weighted by molar-refractivity contribution is 5.80. The molecule has 1 aromatic rings. The van der Waals surface area contributed by atoms with E-state index in [9.17, 15) is 9.18 Å². The fraction of sp³-hybridized carbons (Fsp3) is 0.471. The third kappa shape index (κ3) is 4.22. The molecule has 0 radical (unpaired) electrons. The van der Waals surface area contributed by atoms with E-state index < -0.39 is 5.82 Å². The molecule has 1 heterocycles. The first-order valence-electron chi connectivity index (χ1n) is 7.81. The third-order valence-electron chi connectivity index (χ3n) is 4.16. The van der Waals surface area contributed by atoms with Gasteiger partial charge in [-0.1, -0.05) is 6.07 Å². The second-order valence-corrected chi connectivity index (χ2v) is 5.60. The average molecular weight is 332 g/mol. The van der Waals surface area contributed by atoms with Crippen molar-refractivity contribution >= 4 is 11.9 Å². The van der Waals surface area contributed by atoms with Gasteiger partial charge in [-0.05, 0) is 25.0 Å². The molecule has 1 fully saturated rings. The standard InChI is InChI=1S/C17H21FN4O2/c1-20-17(22-7-5-13(6-8-22)16(23)24-2)21-11-14-4-3-12(10-19)9-15(14)18/h3-4,9,13H,5-8,11H2,1-2H3,(H,20,21). The van der Waals surface area contributed by atoms with Crippen LogP contribution >= 0.6 is 0 Å². The summed E-state index contributed by atoms with van der Waals surface area (Å²) in [5, 5.41) is 11.9. The number of esters is 1. The summed E-state index contributed by atoms with van der Waals surface area (Å²) < 4.78 is 18.7. The largest absolute Gasteiger partial charge is 0.469 e. The Morgan fingerprint density at radius 1 is 1.50 bits per heavy atom. The molecule has 2 rings (SSSR count). The lowest BCUT2D eigenvalue weighted by Gasteiger charge is -2.33. The summed E-state index contributed by atoms with van der Waals surface area (Å²) in [6.07, 6.45) is 1.41. The number of piperidine rings is 1. The molecule has 0 bridgehead atoms. The Bertz CT molecular complexity index is 661. The van der Waals surface area contributed by atoms with E-state index in [1.165, 1.54) is 13.2 Å². The fourth-order valence-corrected chi connectivity index (χ4v) is 2.76. The van der Waals surface area contributed by atoms with Crippen LogP contribution in [0.2, 0.25) is 0 Å². The van der Waals surface area contributed by atoms with Crippen LogP contribution in [0.5, 0.6) is 0 Å². The molecule has 0 saturated carbocycles. The zero-order valence-electron chi connectivity index (χ0n) is 13.9. The number of halogens is 1. The normalized spacial score (nSPS) is 15.8. The van der Waals surface area contributed by atoms with Crippen LogP contribution in [0.4, 0.5) is 4.39 Å². The molecule has 1 aliphatic heterocycles. The molecule has 1 N–H and O–H groups in total. The quantitative estimate of drug-likeness (QED) is 0.517. The van der Waals surface area contributed by atoms with Crippen molar-refractivity contribution in [1.82, 2.24) is 10.2 Å². The number of benzene rings is 1. The first-order valence-corrected chi connectivity index (χ1v) is 7.81. The summed E-state index contributed by atoms with van der Waals surface area (Å²) in [7, 11) is 3.07. The second kappa shape index (κ2) is 8.29. The Balaban J connectivity index is 1.92. The number of rotatable bonds is 3. The van der Waals surface area contributed by atoms with Crippen molar-refractivity contribution in [2.24, 2.45) is 10.9 Å². The third-order valence-corrected chi connectivity index (χ3v) is 4.16. The lowest BCUT2D eigenvalue weighted by atomic mass is 9.97. The van der Waals surface area contributed by atoms with E-state index in [0.717, 1.165) is 0 Å².